The van der Waals surface area contributed by atoms with Crippen LogP contribution >= 0.6 is 0 Å². The summed E-state index contributed by atoms with van der Waals surface area (Å²) in [5.41, 5.74) is 1.03. The van der Waals surface area contributed by atoms with Crippen LogP contribution < -0.4 is 0 Å². The summed E-state index contributed by atoms with van der Waals surface area (Å²) in [7, 11) is 0. The zero-order valence-corrected chi connectivity index (χ0v) is 16.3. The number of carbonyl (C=O) groups excluding carboxylic acids is 2. The lowest BCUT2D eigenvalue weighted by Gasteiger charge is -2.16. The van der Waals surface area contributed by atoms with Gasteiger partial charge in [0.05, 0.1) is 13.2 Å². The van der Waals surface area contributed by atoms with Crippen molar-refractivity contribution in [2.24, 2.45) is 5.92 Å². The average molecular weight is 341 g/mol. The minimum atomic E-state index is -0.357. The van der Waals surface area contributed by atoms with Gasteiger partial charge in [-0.3, -0.25) is 0 Å². The van der Waals surface area contributed by atoms with Crippen LogP contribution in [-0.2, 0) is 19.1 Å². The molecular formula is C20H36O4. The number of hydrogen-bond acceptors (Lipinski definition) is 4. The van der Waals surface area contributed by atoms with Gasteiger partial charge in [-0.15, -0.1) is 0 Å². The minimum absolute atomic E-state index is 0.277. The fraction of sp³-hybridized carbons (Fsp3) is 0.800. The maximum absolute atomic E-state index is 12.5. The first-order valence-corrected chi connectivity index (χ1v) is 9.54. The molecule has 0 aromatic heterocycles. The van der Waals surface area contributed by atoms with Gasteiger partial charge in [-0.2, -0.15) is 0 Å². The fourth-order valence-corrected chi connectivity index (χ4v) is 2.41. The summed E-state index contributed by atoms with van der Waals surface area (Å²) in [4.78, 5) is 24.9. The predicted octanol–water partition coefficient (Wildman–Crippen LogP) is 5.21. The molecule has 0 saturated heterocycles. The van der Waals surface area contributed by atoms with Gasteiger partial charge in [0.15, 0.2) is 0 Å². The van der Waals surface area contributed by atoms with Crippen LogP contribution in [0.1, 0.15) is 86.0 Å². The molecule has 0 atom stereocenters. The van der Waals surface area contributed by atoms with Gasteiger partial charge < -0.3 is 9.47 Å². The van der Waals surface area contributed by atoms with E-state index in [1.54, 1.807) is 0 Å². The second-order valence-corrected chi connectivity index (χ2v) is 6.64. The van der Waals surface area contributed by atoms with E-state index >= 15 is 0 Å². The molecule has 0 spiro atoms. The van der Waals surface area contributed by atoms with Crippen molar-refractivity contribution < 1.29 is 19.1 Å². The average Bonchev–Trinajstić information content (AvgIpc) is 2.55. The standard InChI is InChI=1S/C20H36O4/c1-6-9-10-11-12-17(19(21)23-13-7-2)18(15-16(4)5)20(22)24-14-8-3/h16H,6-15H2,1-5H3/b18-17-. The van der Waals surface area contributed by atoms with Gasteiger partial charge in [0, 0.05) is 11.1 Å². The third-order valence-electron chi connectivity index (χ3n) is 3.62. The second kappa shape index (κ2) is 14.1. The summed E-state index contributed by atoms with van der Waals surface area (Å²) >= 11 is 0. The van der Waals surface area contributed by atoms with E-state index < -0.39 is 0 Å². The molecule has 0 radical (unpaired) electrons. The quantitative estimate of drug-likeness (QED) is 0.262. The largest absolute Gasteiger partial charge is 0.462 e. The number of rotatable bonds is 13. The Kier molecular flexibility index (Phi) is 13.3. The Labute approximate surface area is 148 Å². The third-order valence-corrected chi connectivity index (χ3v) is 3.62. The number of hydrogen-bond donors (Lipinski definition) is 0. The van der Waals surface area contributed by atoms with Crippen molar-refractivity contribution in [3.63, 3.8) is 0 Å². The molecule has 0 N–H and O–H groups in total. The first kappa shape index (κ1) is 22.7. The van der Waals surface area contributed by atoms with Gasteiger partial charge in [-0.1, -0.05) is 53.9 Å². The van der Waals surface area contributed by atoms with Crippen molar-refractivity contribution in [1.29, 1.82) is 0 Å². The monoisotopic (exact) mass is 340 g/mol. The van der Waals surface area contributed by atoms with E-state index in [0.29, 0.717) is 37.2 Å². The lowest BCUT2D eigenvalue weighted by molar-refractivity contribution is -0.142. The summed E-state index contributed by atoms with van der Waals surface area (Å²) in [5, 5.41) is 0. The Morgan fingerprint density at radius 3 is 1.75 bits per heavy atom. The van der Waals surface area contributed by atoms with E-state index in [9.17, 15) is 9.59 Å². The summed E-state index contributed by atoms with van der Waals surface area (Å²) in [6.45, 7) is 10.9. The summed E-state index contributed by atoms with van der Waals surface area (Å²) in [6, 6.07) is 0. The highest BCUT2D eigenvalue weighted by molar-refractivity contribution is 6.00. The summed E-state index contributed by atoms with van der Waals surface area (Å²) in [6.07, 6.45) is 6.90. The Hall–Kier alpha value is -1.32. The van der Waals surface area contributed by atoms with Gasteiger partial charge in [-0.05, 0) is 38.0 Å². The zero-order chi connectivity index (χ0) is 18.4. The molecule has 0 fully saturated rings. The molecule has 0 aliphatic carbocycles. The van der Waals surface area contributed by atoms with E-state index in [2.05, 4.69) is 6.92 Å². The molecule has 0 aromatic carbocycles. The Morgan fingerprint density at radius 2 is 1.29 bits per heavy atom. The Bertz CT molecular complexity index is 396. The van der Waals surface area contributed by atoms with Gasteiger partial charge in [0.2, 0.25) is 0 Å². The SMILES string of the molecule is CCCCCC/C(C(=O)OCCC)=C(\CC(C)C)C(=O)OCCC. The van der Waals surface area contributed by atoms with Crippen LogP contribution in [0, 0.1) is 5.92 Å². The topological polar surface area (TPSA) is 52.6 Å². The van der Waals surface area contributed by atoms with Crippen molar-refractivity contribution in [1.82, 2.24) is 0 Å². The van der Waals surface area contributed by atoms with Crippen molar-refractivity contribution >= 4 is 11.9 Å². The van der Waals surface area contributed by atoms with Gasteiger partial charge in [0.1, 0.15) is 0 Å². The van der Waals surface area contributed by atoms with Gasteiger partial charge >= 0.3 is 11.9 Å². The first-order chi connectivity index (χ1) is 11.5. The van der Waals surface area contributed by atoms with E-state index in [1.165, 1.54) is 0 Å². The molecule has 0 saturated carbocycles. The Balaban J connectivity index is 5.37. The maximum Gasteiger partial charge on any atom is 0.334 e. The van der Waals surface area contributed by atoms with Crippen molar-refractivity contribution in [3.8, 4) is 0 Å². The van der Waals surface area contributed by atoms with Crippen LogP contribution in [-0.4, -0.2) is 25.2 Å². The van der Waals surface area contributed by atoms with Crippen LogP contribution in [0.2, 0.25) is 0 Å². The molecule has 0 aliphatic heterocycles. The van der Waals surface area contributed by atoms with E-state index in [1.807, 2.05) is 27.7 Å². The number of ether oxygens (including phenoxy) is 2. The molecule has 0 aromatic rings. The maximum atomic E-state index is 12.5. The highest BCUT2D eigenvalue weighted by Crippen LogP contribution is 2.23. The third kappa shape index (κ3) is 9.74. The van der Waals surface area contributed by atoms with Crippen molar-refractivity contribution in [3.05, 3.63) is 11.1 Å². The zero-order valence-electron chi connectivity index (χ0n) is 16.3. The molecule has 0 unspecified atom stereocenters. The van der Waals surface area contributed by atoms with Crippen LogP contribution in [0.15, 0.2) is 11.1 Å². The number of unbranched alkanes of at least 4 members (excludes halogenated alkanes) is 3. The highest BCUT2D eigenvalue weighted by Gasteiger charge is 2.23. The number of esters is 2. The molecule has 0 aliphatic rings. The van der Waals surface area contributed by atoms with Gasteiger partial charge in [0.25, 0.3) is 0 Å². The molecule has 140 valence electrons. The lowest BCUT2D eigenvalue weighted by atomic mass is 9.94. The molecule has 0 amide bonds. The fourth-order valence-electron chi connectivity index (χ4n) is 2.41. The van der Waals surface area contributed by atoms with Crippen LogP contribution in [0.5, 0.6) is 0 Å². The Morgan fingerprint density at radius 1 is 0.750 bits per heavy atom. The molecule has 4 nitrogen and oxygen atoms in total. The van der Waals surface area contributed by atoms with Crippen molar-refractivity contribution in [2.45, 2.75) is 86.0 Å². The van der Waals surface area contributed by atoms with E-state index in [0.717, 1.165) is 38.5 Å². The summed E-state index contributed by atoms with van der Waals surface area (Å²) in [5.74, 6) is -0.430. The molecule has 0 heterocycles. The number of carbonyl (C=O) groups is 2. The predicted molar refractivity (Wildman–Crippen MR) is 97.7 cm³/mol. The smallest absolute Gasteiger partial charge is 0.334 e. The van der Waals surface area contributed by atoms with Crippen LogP contribution in [0.3, 0.4) is 0 Å². The molecule has 24 heavy (non-hydrogen) atoms. The van der Waals surface area contributed by atoms with Gasteiger partial charge in [-0.25, -0.2) is 9.59 Å². The lowest BCUT2D eigenvalue weighted by Crippen LogP contribution is -2.19. The van der Waals surface area contributed by atoms with Crippen LogP contribution in [0.25, 0.3) is 0 Å². The van der Waals surface area contributed by atoms with E-state index in [4.69, 9.17) is 9.47 Å². The minimum Gasteiger partial charge on any atom is -0.462 e. The normalized spacial score (nSPS) is 12.1. The molecule has 4 heteroatoms. The van der Waals surface area contributed by atoms with E-state index in [-0.39, 0.29) is 17.9 Å². The van der Waals surface area contributed by atoms with Crippen LogP contribution in [0.4, 0.5) is 0 Å². The highest BCUT2D eigenvalue weighted by atomic mass is 16.5. The molecule has 0 bridgehead atoms. The molecular weight excluding hydrogens is 304 g/mol. The van der Waals surface area contributed by atoms with Crippen molar-refractivity contribution in [2.75, 3.05) is 13.2 Å². The second-order valence-electron chi connectivity index (χ2n) is 6.64. The first-order valence-electron chi connectivity index (χ1n) is 9.54. The summed E-state index contributed by atoms with van der Waals surface area (Å²) < 4.78 is 10.6. The molecule has 0 rings (SSSR count).